The number of ether oxygens (including phenoxy) is 1. The minimum Gasteiger partial charge on any atom is -0.489 e. The maximum atomic E-state index is 10.8. The maximum Gasteiger partial charge on any atom is 0.335 e. The molecule has 0 heterocycles. The fourth-order valence-electron chi connectivity index (χ4n) is 1.89. The Kier molecular flexibility index (Phi) is 4.38. The molecule has 0 spiro atoms. The summed E-state index contributed by atoms with van der Waals surface area (Å²) in [6, 6.07) is 14.2. The first-order valence-corrected chi connectivity index (χ1v) is 6.37. The summed E-state index contributed by atoms with van der Waals surface area (Å²) in [4.78, 5) is 10.8. The van der Waals surface area contributed by atoms with Crippen LogP contribution in [-0.2, 0) is 6.61 Å². The lowest BCUT2D eigenvalue weighted by atomic mass is 10.1. The number of benzene rings is 2. The first-order chi connectivity index (χ1) is 9.58. The van der Waals surface area contributed by atoms with Gasteiger partial charge in [-0.2, -0.15) is 0 Å². The fraction of sp³-hybridized carbons (Fsp3) is 0.188. The van der Waals surface area contributed by atoms with Gasteiger partial charge in [0.1, 0.15) is 12.4 Å². The highest BCUT2D eigenvalue weighted by atomic mass is 16.5. The van der Waals surface area contributed by atoms with Crippen LogP contribution >= 0.6 is 0 Å². The Morgan fingerprint density at radius 1 is 1.20 bits per heavy atom. The summed E-state index contributed by atoms with van der Waals surface area (Å²) in [6.07, 6.45) is 0. The van der Waals surface area contributed by atoms with Gasteiger partial charge in [0.2, 0.25) is 0 Å². The second kappa shape index (κ2) is 6.21. The van der Waals surface area contributed by atoms with Crippen molar-refractivity contribution in [2.45, 2.75) is 19.6 Å². The van der Waals surface area contributed by atoms with Crippen LogP contribution in [0.15, 0.2) is 48.5 Å². The van der Waals surface area contributed by atoms with E-state index in [0.717, 1.165) is 16.9 Å². The SMILES string of the molecule is CC(N)c1ccccc1OCc1ccc(C(=O)O)cc1. The molecular formula is C16H17NO3. The van der Waals surface area contributed by atoms with Crippen LogP contribution in [0.25, 0.3) is 0 Å². The molecule has 1 unspecified atom stereocenters. The second-order valence-electron chi connectivity index (χ2n) is 4.62. The highest BCUT2D eigenvalue weighted by Gasteiger charge is 2.07. The van der Waals surface area contributed by atoms with Crippen LogP contribution in [0.4, 0.5) is 0 Å². The smallest absolute Gasteiger partial charge is 0.335 e. The zero-order valence-corrected chi connectivity index (χ0v) is 11.2. The number of nitrogens with two attached hydrogens (primary N) is 1. The molecule has 2 aromatic rings. The molecular weight excluding hydrogens is 254 g/mol. The van der Waals surface area contributed by atoms with Crippen molar-refractivity contribution in [3.05, 3.63) is 65.2 Å². The van der Waals surface area contributed by atoms with E-state index in [1.807, 2.05) is 31.2 Å². The highest BCUT2D eigenvalue weighted by Crippen LogP contribution is 2.24. The van der Waals surface area contributed by atoms with Gasteiger partial charge in [0, 0.05) is 11.6 Å². The van der Waals surface area contributed by atoms with Crippen LogP contribution < -0.4 is 10.5 Å². The normalized spacial score (nSPS) is 11.9. The summed E-state index contributed by atoms with van der Waals surface area (Å²) < 4.78 is 5.76. The number of hydrogen-bond acceptors (Lipinski definition) is 3. The third-order valence-corrected chi connectivity index (χ3v) is 3.00. The molecule has 0 saturated heterocycles. The molecule has 4 nitrogen and oxygen atoms in total. The van der Waals surface area contributed by atoms with Crippen LogP contribution in [0.5, 0.6) is 5.75 Å². The van der Waals surface area contributed by atoms with Gasteiger partial charge in [-0.3, -0.25) is 0 Å². The van der Waals surface area contributed by atoms with E-state index in [9.17, 15) is 4.79 Å². The first-order valence-electron chi connectivity index (χ1n) is 6.37. The van der Waals surface area contributed by atoms with Crippen LogP contribution in [-0.4, -0.2) is 11.1 Å². The standard InChI is InChI=1S/C16H17NO3/c1-11(17)14-4-2-3-5-15(14)20-10-12-6-8-13(9-7-12)16(18)19/h2-9,11H,10,17H2,1H3,(H,18,19). The average molecular weight is 271 g/mol. The summed E-state index contributed by atoms with van der Waals surface area (Å²) in [5.74, 6) is -0.176. The van der Waals surface area contributed by atoms with Crippen molar-refractivity contribution in [3.63, 3.8) is 0 Å². The van der Waals surface area contributed by atoms with Crippen molar-refractivity contribution in [2.24, 2.45) is 5.73 Å². The van der Waals surface area contributed by atoms with Crippen LogP contribution in [0.1, 0.15) is 34.5 Å². The molecule has 2 aromatic carbocycles. The molecule has 0 bridgehead atoms. The Morgan fingerprint density at radius 2 is 1.85 bits per heavy atom. The predicted octanol–water partition coefficient (Wildman–Crippen LogP) is 2.98. The maximum absolute atomic E-state index is 10.8. The van der Waals surface area contributed by atoms with E-state index < -0.39 is 5.97 Å². The van der Waals surface area contributed by atoms with Gasteiger partial charge in [0.05, 0.1) is 5.56 Å². The van der Waals surface area contributed by atoms with Gasteiger partial charge in [-0.1, -0.05) is 30.3 Å². The van der Waals surface area contributed by atoms with E-state index >= 15 is 0 Å². The van der Waals surface area contributed by atoms with Crippen LogP contribution in [0.2, 0.25) is 0 Å². The average Bonchev–Trinajstić information content (AvgIpc) is 2.45. The molecule has 0 aliphatic rings. The molecule has 2 rings (SSSR count). The number of carboxylic acid groups (broad SMARTS) is 1. The summed E-state index contributed by atoms with van der Waals surface area (Å²) in [6.45, 7) is 2.29. The molecule has 0 aromatic heterocycles. The lowest BCUT2D eigenvalue weighted by Gasteiger charge is -2.13. The summed E-state index contributed by atoms with van der Waals surface area (Å²) in [7, 11) is 0. The lowest BCUT2D eigenvalue weighted by Crippen LogP contribution is -2.08. The zero-order valence-electron chi connectivity index (χ0n) is 11.2. The van der Waals surface area contributed by atoms with Crippen molar-refractivity contribution in [1.82, 2.24) is 0 Å². The molecule has 1 atom stereocenters. The minimum absolute atomic E-state index is 0.0967. The highest BCUT2D eigenvalue weighted by molar-refractivity contribution is 5.87. The van der Waals surface area contributed by atoms with E-state index in [2.05, 4.69) is 0 Å². The number of carbonyl (C=O) groups is 1. The molecule has 0 radical (unpaired) electrons. The molecule has 0 amide bonds. The van der Waals surface area contributed by atoms with Crippen LogP contribution in [0, 0.1) is 0 Å². The summed E-state index contributed by atoms with van der Waals surface area (Å²) >= 11 is 0. The topological polar surface area (TPSA) is 72.5 Å². The fourth-order valence-corrected chi connectivity index (χ4v) is 1.89. The number of carboxylic acids is 1. The number of rotatable bonds is 5. The molecule has 0 saturated carbocycles. The second-order valence-corrected chi connectivity index (χ2v) is 4.62. The van der Waals surface area contributed by atoms with E-state index in [0.29, 0.717) is 6.61 Å². The molecule has 20 heavy (non-hydrogen) atoms. The van der Waals surface area contributed by atoms with Gasteiger partial charge in [-0.25, -0.2) is 4.79 Å². The van der Waals surface area contributed by atoms with Gasteiger partial charge in [0.25, 0.3) is 0 Å². The third kappa shape index (κ3) is 3.36. The first kappa shape index (κ1) is 14.1. The monoisotopic (exact) mass is 271 g/mol. The minimum atomic E-state index is -0.931. The molecule has 0 aliphatic heterocycles. The molecule has 4 heteroatoms. The van der Waals surface area contributed by atoms with E-state index in [1.165, 1.54) is 0 Å². The Bertz CT molecular complexity index is 591. The zero-order chi connectivity index (χ0) is 14.5. The number of para-hydroxylation sites is 1. The number of aromatic carboxylic acids is 1. The van der Waals surface area contributed by atoms with E-state index in [4.69, 9.17) is 15.6 Å². The molecule has 3 N–H and O–H groups in total. The lowest BCUT2D eigenvalue weighted by molar-refractivity contribution is 0.0697. The van der Waals surface area contributed by atoms with E-state index in [-0.39, 0.29) is 11.6 Å². The summed E-state index contributed by atoms with van der Waals surface area (Å²) in [5.41, 5.74) is 8.02. The van der Waals surface area contributed by atoms with Crippen molar-refractivity contribution >= 4 is 5.97 Å². The molecule has 0 fully saturated rings. The van der Waals surface area contributed by atoms with Crippen molar-refractivity contribution in [3.8, 4) is 5.75 Å². The Morgan fingerprint density at radius 3 is 2.45 bits per heavy atom. The van der Waals surface area contributed by atoms with Gasteiger partial charge < -0.3 is 15.6 Å². The van der Waals surface area contributed by atoms with Crippen molar-refractivity contribution in [2.75, 3.05) is 0 Å². The quantitative estimate of drug-likeness (QED) is 0.876. The van der Waals surface area contributed by atoms with Gasteiger partial charge in [-0.15, -0.1) is 0 Å². The Hall–Kier alpha value is -2.33. The largest absolute Gasteiger partial charge is 0.489 e. The predicted molar refractivity (Wildman–Crippen MR) is 76.8 cm³/mol. The van der Waals surface area contributed by atoms with Gasteiger partial charge in [0.15, 0.2) is 0 Å². The molecule has 104 valence electrons. The van der Waals surface area contributed by atoms with E-state index in [1.54, 1.807) is 24.3 Å². The Labute approximate surface area is 117 Å². The summed E-state index contributed by atoms with van der Waals surface area (Å²) in [5, 5.41) is 8.84. The number of hydrogen-bond donors (Lipinski definition) is 2. The van der Waals surface area contributed by atoms with Crippen molar-refractivity contribution < 1.29 is 14.6 Å². The molecule has 0 aliphatic carbocycles. The van der Waals surface area contributed by atoms with Gasteiger partial charge >= 0.3 is 5.97 Å². The van der Waals surface area contributed by atoms with Crippen LogP contribution in [0.3, 0.4) is 0 Å². The third-order valence-electron chi connectivity index (χ3n) is 3.00. The van der Waals surface area contributed by atoms with Crippen molar-refractivity contribution in [1.29, 1.82) is 0 Å². The van der Waals surface area contributed by atoms with Gasteiger partial charge in [-0.05, 0) is 30.7 Å². The Balaban J connectivity index is 2.07.